The molecule has 0 aliphatic carbocycles. The Labute approximate surface area is 161 Å². The van der Waals surface area contributed by atoms with E-state index in [1.54, 1.807) is 29.9 Å². The zero-order valence-electron chi connectivity index (χ0n) is 15.3. The number of anilines is 1. The second kappa shape index (κ2) is 8.73. The molecule has 1 N–H and O–H groups in total. The molecule has 0 saturated carbocycles. The van der Waals surface area contributed by atoms with Crippen LogP contribution in [0.5, 0.6) is 5.75 Å². The van der Waals surface area contributed by atoms with Crippen LogP contribution in [0, 0.1) is 0 Å². The smallest absolute Gasteiger partial charge is 0.262 e. The van der Waals surface area contributed by atoms with Crippen molar-refractivity contribution in [2.75, 3.05) is 18.2 Å². The Kier molecular flexibility index (Phi) is 6.13. The summed E-state index contributed by atoms with van der Waals surface area (Å²) >= 11 is 1.26. The molecule has 6 nitrogen and oxygen atoms in total. The van der Waals surface area contributed by atoms with Gasteiger partial charge in [-0.05, 0) is 30.7 Å². The van der Waals surface area contributed by atoms with Crippen LogP contribution in [0.25, 0.3) is 10.9 Å². The molecule has 3 rings (SSSR count). The van der Waals surface area contributed by atoms with Crippen molar-refractivity contribution in [2.45, 2.75) is 25.0 Å². The summed E-state index contributed by atoms with van der Waals surface area (Å²) in [4.78, 5) is 29.7. The highest BCUT2D eigenvalue weighted by Gasteiger charge is 2.13. The fourth-order valence-corrected chi connectivity index (χ4v) is 3.57. The second-order valence-electron chi connectivity index (χ2n) is 5.91. The van der Waals surface area contributed by atoms with Gasteiger partial charge in [-0.1, -0.05) is 43.0 Å². The van der Waals surface area contributed by atoms with Crippen molar-refractivity contribution in [2.24, 2.45) is 0 Å². The van der Waals surface area contributed by atoms with Crippen LogP contribution in [0.1, 0.15) is 13.3 Å². The van der Waals surface area contributed by atoms with E-state index in [9.17, 15) is 9.59 Å². The molecule has 3 aromatic rings. The maximum atomic E-state index is 12.8. The van der Waals surface area contributed by atoms with Crippen LogP contribution in [0.3, 0.4) is 0 Å². The molecule has 0 saturated heterocycles. The van der Waals surface area contributed by atoms with E-state index in [2.05, 4.69) is 10.3 Å². The van der Waals surface area contributed by atoms with Gasteiger partial charge in [0.15, 0.2) is 5.16 Å². The summed E-state index contributed by atoms with van der Waals surface area (Å²) in [6.45, 7) is 2.57. The quantitative estimate of drug-likeness (QED) is 0.499. The minimum Gasteiger partial charge on any atom is -0.495 e. The van der Waals surface area contributed by atoms with Crippen molar-refractivity contribution in [3.8, 4) is 5.75 Å². The van der Waals surface area contributed by atoms with E-state index >= 15 is 0 Å². The summed E-state index contributed by atoms with van der Waals surface area (Å²) in [5.74, 6) is 0.560. The number of fused-ring (bicyclic) bond motifs is 1. The van der Waals surface area contributed by atoms with E-state index in [-0.39, 0.29) is 17.2 Å². The number of hydrogen-bond donors (Lipinski definition) is 1. The Morgan fingerprint density at radius 3 is 2.70 bits per heavy atom. The van der Waals surface area contributed by atoms with Crippen molar-refractivity contribution >= 4 is 34.3 Å². The number of nitrogens with one attached hydrogen (secondary N) is 1. The minimum atomic E-state index is -0.185. The molecule has 1 heterocycles. The van der Waals surface area contributed by atoms with Crippen molar-refractivity contribution in [3.05, 3.63) is 58.9 Å². The summed E-state index contributed by atoms with van der Waals surface area (Å²) in [6.07, 6.45) is 0.806. The van der Waals surface area contributed by atoms with Gasteiger partial charge in [-0.3, -0.25) is 14.2 Å². The first-order chi connectivity index (χ1) is 13.1. The Hall–Kier alpha value is -2.80. The fourth-order valence-electron chi connectivity index (χ4n) is 2.74. The molecule has 0 spiro atoms. The number of ether oxygens (including phenoxy) is 1. The Morgan fingerprint density at radius 1 is 1.19 bits per heavy atom. The van der Waals surface area contributed by atoms with Gasteiger partial charge in [0.1, 0.15) is 5.75 Å². The van der Waals surface area contributed by atoms with Gasteiger partial charge in [0.2, 0.25) is 5.91 Å². The molecule has 2 aromatic carbocycles. The van der Waals surface area contributed by atoms with Crippen molar-refractivity contribution in [3.63, 3.8) is 0 Å². The van der Waals surface area contributed by atoms with Crippen LogP contribution in [0.4, 0.5) is 5.69 Å². The average molecular weight is 383 g/mol. The largest absolute Gasteiger partial charge is 0.495 e. The summed E-state index contributed by atoms with van der Waals surface area (Å²) in [5.41, 5.74) is 1.18. The Morgan fingerprint density at radius 2 is 1.93 bits per heavy atom. The number of nitrogens with zero attached hydrogens (tertiary/aromatic N) is 2. The normalized spacial score (nSPS) is 10.7. The minimum absolute atomic E-state index is 0.0740. The van der Waals surface area contributed by atoms with Crippen LogP contribution in [0.2, 0.25) is 0 Å². The van der Waals surface area contributed by atoms with Gasteiger partial charge in [0.05, 0.1) is 29.5 Å². The molecule has 0 aliphatic rings. The summed E-state index contributed by atoms with van der Waals surface area (Å²) < 4.78 is 6.89. The molecule has 0 bridgehead atoms. The molecule has 0 atom stereocenters. The topological polar surface area (TPSA) is 73.2 Å². The standard InChI is InChI=1S/C20H21N3O3S/c1-3-12-23-19(25)14-8-4-5-9-15(14)22-20(23)27-13-18(24)21-16-10-6-7-11-17(16)26-2/h4-11H,3,12-13H2,1-2H3,(H,21,24). The number of thioether (sulfide) groups is 1. The lowest BCUT2D eigenvalue weighted by Crippen LogP contribution is -2.24. The van der Waals surface area contributed by atoms with Crippen LogP contribution in [0.15, 0.2) is 58.5 Å². The van der Waals surface area contributed by atoms with Gasteiger partial charge < -0.3 is 10.1 Å². The number of amides is 1. The lowest BCUT2D eigenvalue weighted by atomic mass is 10.2. The Bertz CT molecular complexity index is 1020. The first-order valence-electron chi connectivity index (χ1n) is 8.69. The van der Waals surface area contributed by atoms with E-state index in [0.717, 1.165) is 6.42 Å². The number of hydrogen-bond acceptors (Lipinski definition) is 5. The number of aromatic nitrogens is 2. The molecule has 0 radical (unpaired) electrons. The van der Waals surface area contributed by atoms with Gasteiger partial charge in [0, 0.05) is 6.54 Å². The monoisotopic (exact) mass is 383 g/mol. The van der Waals surface area contributed by atoms with Gasteiger partial charge in [-0.2, -0.15) is 0 Å². The van der Waals surface area contributed by atoms with Crippen LogP contribution >= 0.6 is 11.8 Å². The average Bonchev–Trinajstić information content (AvgIpc) is 2.69. The van der Waals surface area contributed by atoms with Crippen molar-refractivity contribution < 1.29 is 9.53 Å². The van der Waals surface area contributed by atoms with Crippen LogP contribution < -0.4 is 15.6 Å². The number of carbonyl (C=O) groups excluding carboxylic acids is 1. The summed E-state index contributed by atoms with van der Waals surface area (Å²) in [5, 5.41) is 3.98. The summed E-state index contributed by atoms with van der Waals surface area (Å²) in [6, 6.07) is 14.5. The van der Waals surface area contributed by atoms with Crippen LogP contribution in [-0.4, -0.2) is 28.3 Å². The molecule has 27 heavy (non-hydrogen) atoms. The molecule has 7 heteroatoms. The number of benzene rings is 2. The third kappa shape index (κ3) is 4.31. The van der Waals surface area contributed by atoms with Gasteiger partial charge >= 0.3 is 0 Å². The van der Waals surface area contributed by atoms with Crippen molar-refractivity contribution in [1.29, 1.82) is 0 Å². The summed E-state index contributed by atoms with van der Waals surface area (Å²) in [7, 11) is 1.56. The van der Waals surface area contributed by atoms with Gasteiger partial charge in [0.25, 0.3) is 5.56 Å². The number of rotatable bonds is 7. The highest BCUT2D eigenvalue weighted by Crippen LogP contribution is 2.24. The number of methoxy groups -OCH3 is 1. The van der Waals surface area contributed by atoms with Gasteiger partial charge in [-0.25, -0.2) is 4.98 Å². The van der Waals surface area contributed by atoms with Crippen molar-refractivity contribution in [1.82, 2.24) is 9.55 Å². The fraction of sp³-hybridized carbons (Fsp3) is 0.250. The predicted molar refractivity (Wildman–Crippen MR) is 109 cm³/mol. The van der Waals surface area contributed by atoms with E-state index in [0.29, 0.717) is 34.0 Å². The zero-order chi connectivity index (χ0) is 19.2. The van der Waals surface area contributed by atoms with E-state index < -0.39 is 0 Å². The first-order valence-corrected chi connectivity index (χ1v) is 9.68. The lowest BCUT2D eigenvalue weighted by molar-refractivity contribution is -0.113. The first kappa shape index (κ1) is 19.0. The van der Waals surface area contributed by atoms with E-state index in [4.69, 9.17) is 4.74 Å². The predicted octanol–water partition coefficient (Wildman–Crippen LogP) is 3.55. The van der Waals surface area contributed by atoms with Gasteiger partial charge in [-0.15, -0.1) is 0 Å². The third-order valence-corrected chi connectivity index (χ3v) is 4.96. The van der Waals surface area contributed by atoms with Crippen LogP contribution in [-0.2, 0) is 11.3 Å². The highest BCUT2D eigenvalue weighted by atomic mass is 32.2. The maximum Gasteiger partial charge on any atom is 0.262 e. The molecule has 1 amide bonds. The SMILES string of the molecule is CCCn1c(SCC(=O)Nc2ccccc2OC)nc2ccccc2c1=O. The molecule has 0 aliphatic heterocycles. The Balaban J connectivity index is 1.80. The lowest BCUT2D eigenvalue weighted by Gasteiger charge is -2.13. The second-order valence-corrected chi connectivity index (χ2v) is 6.85. The third-order valence-electron chi connectivity index (χ3n) is 3.99. The van der Waals surface area contributed by atoms with E-state index in [1.165, 1.54) is 11.8 Å². The molecule has 0 fully saturated rings. The molecular weight excluding hydrogens is 362 g/mol. The number of carbonyl (C=O) groups is 1. The molecule has 0 unspecified atom stereocenters. The molecule has 1 aromatic heterocycles. The zero-order valence-corrected chi connectivity index (χ0v) is 16.1. The number of para-hydroxylation sites is 3. The molecule has 140 valence electrons. The highest BCUT2D eigenvalue weighted by molar-refractivity contribution is 7.99. The molecular formula is C20H21N3O3S. The van der Waals surface area contributed by atoms with E-state index in [1.807, 2.05) is 37.3 Å². The maximum absolute atomic E-state index is 12.8.